The number of hydrogen-bond acceptors (Lipinski definition) is 3. The van der Waals surface area contributed by atoms with E-state index in [-0.39, 0.29) is 5.91 Å². The van der Waals surface area contributed by atoms with Crippen LogP contribution in [0, 0.1) is 11.3 Å². The molecule has 1 heterocycles. The maximum absolute atomic E-state index is 11.3. The summed E-state index contributed by atoms with van der Waals surface area (Å²) in [7, 11) is 0. The zero-order chi connectivity index (χ0) is 10.4. The molecule has 1 amide bonds. The van der Waals surface area contributed by atoms with Gasteiger partial charge in [0.1, 0.15) is 11.8 Å². The summed E-state index contributed by atoms with van der Waals surface area (Å²) in [6.07, 6.45) is 1.38. The number of carbonyl (C=O) groups excluding carboxylic acids is 1. The van der Waals surface area contributed by atoms with Gasteiger partial charge in [0.25, 0.3) is 5.91 Å². The second-order valence-electron chi connectivity index (χ2n) is 2.49. The molecule has 0 atom stereocenters. The standard InChI is InChI=1S/C9H8BrN3O/c10-3-4-12-9(14)8-2-1-7(5-11)6-13-8/h1-2,6H,3-4H2,(H,12,14). The topological polar surface area (TPSA) is 65.8 Å². The molecule has 0 aliphatic rings. The molecular weight excluding hydrogens is 246 g/mol. The summed E-state index contributed by atoms with van der Waals surface area (Å²) in [6.45, 7) is 0.556. The van der Waals surface area contributed by atoms with Crippen LogP contribution in [-0.4, -0.2) is 22.8 Å². The molecule has 1 aromatic heterocycles. The van der Waals surface area contributed by atoms with Crippen LogP contribution in [0.15, 0.2) is 18.3 Å². The number of aromatic nitrogens is 1. The predicted molar refractivity (Wildman–Crippen MR) is 55.1 cm³/mol. The maximum Gasteiger partial charge on any atom is 0.269 e. The first kappa shape index (κ1) is 10.7. The fourth-order valence-electron chi connectivity index (χ4n) is 0.846. The third-order valence-corrected chi connectivity index (χ3v) is 1.90. The van der Waals surface area contributed by atoms with Crippen molar-refractivity contribution in [3.05, 3.63) is 29.6 Å². The van der Waals surface area contributed by atoms with Crippen molar-refractivity contribution in [2.75, 3.05) is 11.9 Å². The van der Waals surface area contributed by atoms with E-state index < -0.39 is 0 Å². The molecule has 0 aromatic carbocycles. The van der Waals surface area contributed by atoms with Crippen molar-refractivity contribution >= 4 is 21.8 Å². The molecule has 0 fully saturated rings. The van der Waals surface area contributed by atoms with Gasteiger partial charge in [0.15, 0.2) is 0 Å². The van der Waals surface area contributed by atoms with Crippen molar-refractivity contribution in [2.45, 2.75) is 0 Å². The van der Waals surface area contributed by atoms with Crippen molar-refractivity contribution in [2.24, 2.45) is 0 Å². The van der Waals surface area contributed by atoms with Gasteiger partial charge in [-0.1, -0.05) is 15.9 Å². The summed E-state index contributed by atoms with van der Waals surface area (Å²) in [6, 6.07) is 5.03. The second kappa shape index (κ2) is 5.35. The van der Waals surface area contributed by atoms with Gasteiger partial charge in [-0.3, -0.25) is 4.79 Å². The van der Waals surface area contributed by atoms with E-state index in [1.165, 1.54) is 12.3 Å². The summed E-state index contributed by atoms with van der Waals surface area (Å²) >= 11 is 3.20. The van der Waals surface area contributed by atoms with E-state index in [0.29, 0.717) is 23.1 Å². The van der Waals surface area contributed by atoms with E-state index in [4.69, 9.17) is 5.26 Å². The molecule has 14 heavy (non-hydrogen) atoms. The predicted octanol–water partition coefficient (Wildman–Crippen LogP) is 1.08. The maximum atomic E-state index is 11.3. The lowest BCUT2D eigenvalue weighted by Gasteiger charge is -2.01. The molecule has 0 unspecified atom stereocenters. The van der Waals surface area contributed by atoms with E-state index in [0.717, 1.165) is 0 Å². The summed E-state index contributed by atoms with van der Waals surface area (Å²) in [5, 5.41) is 11.9. The Labute approximate surface area is 90.1 Å². The first-order valence-electron chi connectivity index (χ1n) is 3.98. The zero-order valence-corrected chi connectivity index (χ0v) is 8.91. The van der Waals surface area contributed by atoms with Crippen LogP contribution in [0.25, 0.3) is 0 Å². The van der Waals surface area contributed by atoms with E-state index >= 15 is 0 Å². The molecule has 1 N–H and O–H groups in total. The minimum absolute atomic E-state index is 0.228. The molecule has 4 nitrogen and oxygen atoms in total. The molecule has 1 rings (SSSR count). The van der Waals surface area contributed by atoms with Crippen LogP contribution in [0.2, 0.25) is 0 Å². The molecule has 0 saturated heterocycles. The minimum Gasteiger partial charge on any atom is -0.350 e. The lowest BCUT2D eigenvalue weighted by Crippen LogP contribution is -2.25. The number of hydrogen-bond donors (Lipinski definition) is 1. The minimum atomic E-state index is -0.228. The van der Waals surface area contributed by atoms with Crippen molar-refractivity contribution in [1.29, 1.82) is 5.26 Å². The third-order valence-electron chi connectivity index (χ3n) is 1.51. The number of nitriles is 1. The van der Waals surface area contributed by atoms with Crippen LogP contribution < -0.4 is 5.32 Å². The van der Waals surface area contributed by atoms with E-state index in [9.17, 15) is 4.79 Å². The van der Waals surface area contributed by atoms with Gasteiger partial charge in [0, 0.05) is 18.1 Å². The van der Waals surface area contributed by atoms with Crippen LogP contribution in [-0.2, 0) is 0 Å². The third kappa shape index (κ3) is 2.82. The van der Waals surface area contributed by atoms with Gasteiger partial charge in [0.2, 0.25) is 0 Å². The SMILES string of the molecule is N#Cc1ccc(C(=O)NCCBr)nc1. The van der Waals surface area contributed by atoms with Crippen molar-refractivity contribution in [3.63, 3.8) is 0 Å². The van der Waals surface area contributed by atoms with Crippen LogP contribution in [0.3, 0.4) is 0 Å². The van der Waals surface area contributed by atoms with Gasteiger partial charge in [-0.25, -0.2) is 4.98 Å². The summed E-state index contributed by atoms with van der Waals surface area (Å²) in [5.41, 5.74) is 0.770. The van der Waals surface area contributed by atoms with Crippen molar-refractivity contribution < 1.29 is 4.79 Å². The number of rotatable bonds is 3. The highest BCUT2D eigenvalue weighted by molar-refractivity contribution is 9.09. The molecule has 0 saturated carbocycles. The molecule has 5 heteroatoms. The lowest BCUT2D eigenvalue weighted by molar-refractivity contribution is 0.0951. The monoisotopic (exact) mass is 253 g/mol. The van der Waals surface area contributed by atoms with Crippen molar-refractivity contribution in [1.82, 2.24) is 10.3 Å². The average Bonchev–Trinajstić information content (AvgIpc) is 2.26. The Bertz CT molecular complexity index is 355. The average molecular weight is 254 g/mol. The van der Waals surface area contributed by atoms with E-state index in [1.54, 1.807) is 6.07 Å². The molecular formula is C9H8BrN3O. The Hall–Kier alpha value is -1.41. The smallest absolute Gasteiger partial charge is 0.269 e. The van der Waals surface area contributed by atoms with E-state index in [2.05, 4.69) is 26.2 Å². The van der Waals surface area contributed by atoms with Gasteiger partial charge < -0.3 is 5.32 Å². The highest BCUT2D eigenvalue weighted by Gasteiger charge is 2.05. The van der Waals surface area contributed by atoms with Crippen LogP contribution >= 0.6 is 15.9 Å². The molecule has 0 aliphatic carbocycles. The highest BCUT2D eigenvalue weighted by Crippen LogP contribution is 1.98. The first-order valence-corrected chi connectivity index (χ1v) is 5.10. The quantitative estimate of drug-likeness (QED) is 0.820. The number of nitrogens with zero attached hydrogens (tertiary/aromatic N) is 2. The number of pyridine rings is 1. The summed E-state index contributed by atoms with van der Waals surface area (Å²) in [4.78, 5) is 15.2. The molecule has 0 spiro atoms. The fraction of sp³-hybridized carbons (Fsp3) is 0.222. The summed E-state index contributed by atoms with van der Waals surface area (Å²) < 4.78 is 0. The second-order valence-corrected chi connectivity index (χ2v) is 3.28. The number of nitrogens with one attached hydrogen (secondary N) is 1. The Morgan fingerprint density at radius 2 is 2.43 bits per heavy atom. The Morgan fingerprint density at radius 1 is 1.64 bits per heavy atom. The lowest BCUT2D eigenvalue weighted by atomic mass is 10.2. The Morgan fingerprint density at radius 3 is 2.93 bits per heavy atom. The van der Waals surface area contributed by atoms with E-state index in [1.807, 2.05) is 6.07 Å². The van der Waals surface area contributed by atoms with Crippen molar-refractivity contribution in [3.8, 4) is 6.07 Å². The molecule has 0 bridgehead atoms. The number of alkyl halides is 1. The number of amides is 1. The fourth-order valence-corrected chi connectivity index (χ4v) is 1.04. The number of halogens is 1. The zero-order valence-electron chi connectivity index (χ0n) is 7.33. The van der Waals surface area contributed by atoms with Gasteiger partial charge in [0.05, 0.1) is 5.56 Å². The van der Waals surface area contributed by atoms with Gasteiger partial charge in [-0.05, 0) is 12.1 Å². The van der Waals surface area contributed by atoms with Gasteiger partial charge >= 0.3 is 0 Å². The molecule has 0 aliphatic heterocycles. The molecule has 0 radical (unpaired) electrons. The highest BCUT2D eigenvalue weighted by atomic mass is 79.9. The van der Waals surface area contributed by atoms with Gasteiger partial charge in [-0.2, -0.15) is 5.26 Å². The van der Waals surface area contributed by atoms with Crippen LogP contribution in [0.1, 0.15) is 16.1 Å². The van der Waals surface area contributed by atoms with Gasteiger partial charge in [-0.15, -0.1) is 0 Å². The summed E-state index contributed by atoms with van der Waals surface area (Å²) in [5.74, 6) is -0.228. The number of carbonyl (C=O) groups is 1. The normalized spacial score (nSPS) is 9.14. The Balaban J connectivity index is 2.68. The Kier molecular flexibility index (Phi) is 4.08. The largest absolute Gasteiger partial charge is 0.350 e. The molecule has 72 valence electrons. The van der Waals surface area contributed by atoms with Crippen LogP contribution in [0.4, 0.5) is 0 Å². The first-order chi connectivity index (χ1) is 6.77. The molecule has 1 aromatic rings. The van der Waals surface area contributed by atoms with Crippen LogP contribution in [0.5, 0.6) is 0 Å².